The molecule has 0 aliphatic carbocycles. The Morgan fingerprint density at radius 2 is 1.69 bits per heavy atom. The van der Waals surface area contributed by atoms with Gasteiger partial charge in [0.2, 0.25) is 0 Å². The van der Waals surface area contributed by atoms with E-state index in [9.17, 15) is 9.59 Å². The molecule has 0 atom stereocenters. The van der Waals surface area contributed by atoms with Gasteiger partial charge in [-0.05, 0) is 61.5 Å². The van der Waals surface area contributed by atoms with Crippen molar-refractivity contribution in [2.75, 3.05) is 11.4 Å². The normalized spacial score (nSPS) is 10.7. The first-order valence-electron chi connectivity index (χ1n) is 10.6. The highest BCUT2D eigenvalue weighted by Gasteiger charge is 2.27. The molecule has 10 heteroatoms. The van der Waals surface area contributed by atoms with E-state index in [0.29, 0.717) is 34.0 Å². The quantitative estimate of drug-likeness (QED) is 0.248. The van der Waals surface area contributed by atoms with Crippen molar-refractivity contribution in [1.82, 2.24) is 14.9 Å². The van der Waals surface area contributed by atoms with Gasteiger partial charge >= 0.3 is 0 Å². The first-order valence-corrected chi connectivity index (χ1v) is 12.6. The lowest BCUT2D eigenvalue weighted by atomic mass is 10.2. The molecule has 6 nitrogen and oxygen atoms in total. The molecule has 4 aromatic rings. The minimum absolute atomic E-state index is 0.210. The van der Waals surface area contributed by atoms with E-state index in [4.69, 9.17) is 34.8 Å². The van der Waals surface area contributed by atoms with Crippen LogP contribution in [0.15, 0.2) is 72.2 Å². The summed E-state index contributed by atoms with van der Waals surface area (Å²) in [5, 5.41) is 3.11. The Morgan fingerprint density at radius 3 is 2.34 bits per heavy atom. The third kappa shape index (κ3) is 5.82. The number of aromatic nitrogens is 2. The number of hydrogen-bond acceptors (Lipinski definition) is 5. The average Bonchev–Trinajstić information content (AvgIpc) is 3.33. The Labute approximate surface area is 221 Å². The monoisotopic (exact) mass is 544 g/mol. The van der Waals surface area contributed by atoms with E-state index in [0.717, 1.165) is 5.69 Å². The van der Waals surface area contributed by atoms with Crippen molar-refractivity contribution < 1.29 is 9.59 Å². The minimum atomic E-state index is -0.414. The number of thiazole rings is 1. The predicted octanol–water partition coefficient (Wildman–Crippen LogP) is 7.14. The third-order valence-electron chi connectivity index (χ3n) is 5.10. The Bertz CT molecular complexity index is 1350. The number of anilines is 2. The topological polar surface area (TPSA) is 66.4 Å². The molecule has 0 N–H and O–H groups in total. The summed E-state index contributed by atoms with van der Waals surface area (Å²) in [7, 11) is 0. The van der Waals surface area contributed by atoms with Gasteiger partial charge in [-0.2, -0.15) is 0 Å². The molecule has 0 fully saturated rings. The smallest absolute Gasteiger partial charge is 0.273 e. The summed E-state index contributed by atoms with van der Waals surface area (Å²) >= 11 is 19.6. The van der Waals surface area contributed by atoms with Gasteiger partial charge in [0.1, 0.15) is 5.69 Å². The summed E-state index contributed by atoms with van der Waals surface area (Å²) in [6, 6.07) is 17.0. The van der Waals surface area contributed by atoms with Gasteiger partial charge in [-0.25, -0.2) is 4.98 Å². The van der Waals surface area contributed by atoms with Gasteiger partial charge in [-0.3, -0.25) is 19.5 Å². The van der Waals surface area contributed by atoms with Crippen molar-refractivity contribution in [3.05, 3.63) is 104 Å². The largest absolute Gasteiger partial charge is 0.332 e. The fourth-order valence-electron chi connectivity index (χ4n) is 3.33. The molecule has 0 aliphatic rings. The Balaban J connectivity index is 1.68. The number of rotatable bonds is 7. The van der Waals surface area contributed by atoms with Gasteiger partial charge in [0.25, 0.3) is 11.8 Å². The van der Waals surface area contributed by atoms with Crippen LogP contribution in [0, 0.1) is 0 Å². The number of hydrogen-bond donors (Lipinski definition) is 0. The fourth-order valence-corrected chi connectivity index (χ4v) is 4.76. The molecule has 2 heterocycles. The number of nitrogens with zero attached hydrogens (tertiary/aromatic N) is 4. The lowest BCUT2D eigenvalue weighted by Crippen LogP contribution is -2.31. The lowest BCUT2D eigenvalue weighted by Gasteiger charge is -2.21. The Morgan fingerprint density at radius 1 is 0.943 bits per heavy atom. The van der Waals surface area contributed by atoms with E-state index >= 15 is 0 Å². The van der Waals surface area contributed by atoms with Crippen LogP contribution in [0.1, 0.15) is 33.5 Å². The van der Waals surface area contributed by atoms with Crippen LogP contribution in [-0.2, 0) is 6.54 Å². The molecule has 2 aromatic carbocycles. The zero-order valence-corrected chi connectivity index (χ0v) is 21.6. The van der Waals surface area contributed by atoms with Crippen LogP contribution in [0.25, 0.3) is 0 Å². The zero-order valence-electron chi connectivity index (χ0n) is 18.5. The maximum atomic E-state index is 13.6. The highest BCUT2D eigenvalue weighted by Crippen LogP contribution is 2.33. The number of carbonyl (C=O) groups is 2. The Hall–Kier alpha value is -2.97. The van der Waals surface area contributed by atoms with Crippen LogP contribution >= 0.6 is 46.1 Å². The molecule has 0 bridgehead atoms. The molecule has 0 saturated heterocycles. The van der Waals surface area contributed by atoms with Crippen LogP contribution in [0.4, 0.5) is 10.8 Å². The summed E-state index contributed by atoms with van der Waals surface area (Å²) in [6.07, 6.45) is 1.69. The standard InChI is InChI=1S/C25H19Cl3N4O2S/c1-2-31(14-18-5-3-4-12-29-18)24(34)22-15-35-25(30-22)32(19-9-6-16(26)7-10-19)23(33)20-11-8-17(27)13-21(20)28/h3-13,15H,2,14H2,1H3. The van der Waals surface area contributed by atoms with Gasteiger partial charge in [0, 0.05) is 28.2 Å². The first-order chi connectivity index (χ1) is 16.9. The molecular formula is C25H19Cl3N4O2S. The van der Waals surface area contributed by atoms with Crippen molar-refractivity contribution in [2.24, 2.45) is 0 Å². The number of pyridine rings is 1. The second-order valence-corrected chi connectivity index (χ2v) is 9.51. The molecule has 0 spiro atoms. The highest BCUT2D eigenvalue weighted by molar-refractivity contribution is 7.14. The van der Waals surface area contributed by atoms with Crippen LogP contribution in [0.2, 0.25) is 15.1 Å². The van der Waals surface area contributed by atoms with Crippen LogP contribution < -0.4 is 4.90 Å². The van der Waals surface area contributed by atoms with E-state index in [1.54, 1.807) is 52.9 Å². The number of halogens is 3. The van der Waals surface area contributed by atoms with Gasteiger partial charge in [0.15, 0.2) is 5.13 Å². The van der Waals surface area contributed by atoms with Gasteiger partial charge in [0.05, 0.1) is 28.5 Å². The molecule has 178 valence electrons. The van der Waals surface area contributed by atoms with Crippen molar-refractivity contribution in [1.29, 1.82) is 0 Å². The molecule has 4 rings (SSSR count). The highest BCUT2D eigenvalue weighted by atomic mass is 35.5. The second-order valence-electron chi connectivity index (χ2n) is 7.40. The first kappa shape index (κ1) is 25.1. The molecule has 0 radical (unpaired) electrons. The average molecular weight is 546 g/mol. The summed E-state index contributed by atoms with van der Waals surface area (Å²) in [4.78, 5) is 38.7. The van der Waals surface area contributed by atoms with Gasteiger partial charge in [-0.15, -0.1) is 11.3 Å². The SMILES string of the molecule is CCN(Cc1ccccn1)C(=O)c1csc(N(C(=O)c2ccc(Cl)cc2Cl)c2ccc(Cl)cc2)n1. The van der Waals surface area contributed by atoms with E-state index in [2.05, 4.69) is 9.97 Å². The maximum Gasteiger partial charge on any atom is 0.273 e. The predicted molar refractivity (Wildman–Crippen MR) is 141 cm³/mol. The fraction of sp³-hybridized carbons (Fsp3) is 0.120. The van der Waals surface area contributed by atoms with Crippen LogP contribution in [0.5, 0.6) is 0 Å². The molecule has 35 heavy (non-hydrogen) atoms. The number of carbonyl (C=O) groups excluding carboxylic acids is 2. The van der Waals surface area contributed by atoms with Crippen LogP contribution in [-0.4, -0.2) is 33.2 Å². The molecule has 2 aromatic heterocycles. The Kier molecular flexibility index (Phi) is 8.03. The number of amides is 2. The van der Waals surface area contributed by atoms with Crippen molar-refractivity contribution in [3.63, 3.8) is 0 Å². The van der Waals surface area contributed by atoms with Gasteiger partial charge in [-0.1, -0.05) is 40.9 Å². The maximum absolute atomic E-state index is 13.6. The summed E-state index contributed by atoms with van der Waals surface area (Å²) in [6.45, 7) is 2.71. The van der Waals surface area contributed by atoms with E-state index < -0.39 is 5.91 Å². The molecule has 2 amide bonds. The van der Waals surface area contributed by atoms with Crippen LogP contribution in [0.3, 0.4) is 0 Å². The van der Waals surface area contributed by atoms with Crippen molar-refractivity contribution in [2.45, 2.75) is 13.5 Å². The molecule has 0 unspecified atom stereocenters. The van der Waals surface area contributed by atoms with Gasteiger partial charge < -0.3 is 4.90 Å². The summed E-state index contributed by atoms with van der Waals surface area (Å²) in [5.74, 6) is -0.670. The summed E-state index contributed by atoms with van der Waals surface area (Å²) in [5.41, 5.74) is 1.78. The van der Waals surface area contributed by atoms with E-state index in [1.165, 1.54) is 22.3 Å². The number of benzene rings is 2. The summed E-state index contributed by atoms with van der Waals surface area (Å²) < 4.78 is 0. The molecular weight excluding hydrogens is 527 g/mol. The molecule has 0 saturated carbocycles. The molecule has 0 aliphatic heterocycles. The van der Waals surface area contributed by atoms with E-state index in [-0.39, 0.29) is 22.2 Å². The third-order valence-corrected chi connectivity index (χ3v) is 6.73. The van der Waals surface area contributed by atoms with Crippen molar-refractivity contribution in [3.8, 4) is 0 Å². The van der Waals surface area contributed by atoms with E-state index in [1.807, 2.05) is 25.1 Å². The zero-order chi connectivity index (χ0) is 24.9. The lowest BCUT2D eigenvalue weighted by molar-refractivity contribution is 0.0745. The minimum Gasteiger partial charge on any atom is -0.332 e. The van der Waals surface area contributed by atoms with Crippen molar-refractivity contribution >= 4 is 68.8 Å². The second kappa shape index (κ2) is 11.2.